The number of nitrogens with two attached hydrogens (primary N) is 1. The van der Waals surface area contributed by atoms with Crippen LogP contribution in [0.2, 0.25) is 0 Å². The number of phenolic OH excluding ortho intramolecular Hbond substituents is 1. The fraction of sp³-hybridized carbons (Fsp3) is 0.533. The maximum Gasteiger partial charge on any atom is 0.220 e. The Kier molecular flexibility index (Phi) is 4.84. The zero-order chi connectivity index (χ0) is 14.5. The van der Waals surface area contributed by atoms with E-state index in [-0.39, 0.29) is 17.6 Å². The van der Waals surface area contributed by atoms with Gasteiger partial charge in [-0.1, -0.05) is 6.07 Å². The standard InChI is InChI=1S/C15H22N2O3/c1-2-20-14-9-11(3-4-13(14)18)10-17-7-5-12(6-8-17)15(16)19/h3-4,9,12,18H,2,5-8,10H2,1H3,(H2,16,19). The van der Waals surface area contributed by atoms with Gasteiger partial charge in [-0.3, -0.25) is 9.69 Å². The van der Waals surface area contributed by atoms with Gasteiger partial charge < -0.3 is 15.6 Å². The summed E-state index contributed by atoms with van der Waals surface area (Å²) in [5, 5.41) is 9.68. The molecule has 1 aromatic rings. The number of likely N-dealkylation sites (tertiary alicyclic amines) is 1. The average molecular weight is 278 g/mol. The molecular weight excluding hydrogens is 256 g/mol. The van der Waals surface area contributed by atoms with Crippen LogP contribution in [0.1, 0.15) is 25.3 Å². The Bertz CT molecular complexity index is 468. The van der Waals surface area contributed by atoms with Crippen molar-refractivity contribution in [1.82, 2.24) is 4.90 Å². The fourth-order valence-corrected chi connectivity index (χ4v) is 2.56. The molecule has 1 saturated heterocycles. The summed E-state index contributed by atoms with van der Waals surface area (Å²) in [6, 6.07) is 5.44. The number of phenols is 1. The molecule has 20 heavy (non-hydrogen) atoms. The number of hydrogen-bond acceptors (Lipinski definition) is 4. The van der Waals surface area contributed by atoms with Gasteiger partial charge in [0.25, 0.3) is 0 Å². The van der Waals surface area contributed by atoms with Crippen molar-refractivity contribution in [3.05, 3.63) is 23.8 Å². The smallest absolute Gasteiger partial charge is 0.220 e. The Balaban J connectivity index is 1.94. The predicted octanol–water partition coefficient (Wildman–Crippen LogP) is 1.49. The highest BCUT2D eigenvalue weighted by atomic mass is 16.5. The Labute approximate surface area is 119 Å². The minimum absolute atomic E-state index is 0.0186. The molecule has 0 bridgehead atoms. The van der Waals surface area contributed by atoms with E-state index in [0.717, 1.165) is 38.0 Å². The monoisotopic (exact) mass is 278 g/mol. The molecule has 0 radical (unpaired) electrons. The van der Waals surface area contributed by atoms with Crippen molar-refractivity contribution in [3.8, 4) is 11.5 Å². The van der Waals surface area contributed by atoms with Gasteiger partial charge in [-0.15, -0.1) is 0 Å². The van der Waals surface area contributed by atoms with Crippen LogP contribution in [0, 0.1) is 5.92 Å². The summed E-state index contributed by atoms with van der Waals surface area (Å²) in [5.41, 5.74) is 6.43. The molecule has 5 heteroatoms. The van der Waals surface area contributed by atoms with E-state index in [1.807, 2.05) is 19.1 Å². The number of amides is 1. The second-order valence-corrected chi connectivity index (χ2v) is 5.19. The van der Waals surface area contributed by atoms with Crippen LogP contribution >= 0.6 is 0 Å². The number of primary amides is 1. The molecule has 5 nitrogen and oxygen atoms in total. The first kappa shape index (κ1) is 14.7. The Hall–Kier alpha value is -1.75. The molecule has 1 heterocycles. The number of carbonyl (C=O) groups is 1. The first-order valence-corrected chi connectivity index (χ1v) is 7.06. The van der Waals surface area contributed by atoms with Gasteiger partial charge in [0.15, 0.2) is 11.5 Å². The molecule has 3 N–H and O–H groups in total. The van der Waals surface area contributed by atoms with Crippen LogP contribution in [0.5, 0.6) is 11.5 Å². The molecule has 1 aliphatic rings. The van der Waals surface area contributed by atoms with E-state index >= 15 is 0 Å². The Morgan fingerprint density at radius 2 is 2.15 bits per heavy atom. The minimum atomic E-state index is -0.187. The molecule has 1 fully saturated rings. The van der Waals surface area contributed by atoms with E-state index in [4.69, 9.17) is 10.5 Å². The van der Waals surface area contributed by atoms with Crippen molar-refractivity contribution in [1.29, 1.82) is 0 Å². The van der Waals surface area contributed by atoms with Gasteiger partial charge in [0.1, 0.15) is 0 Å². The highest BCUT2D eigenvalue weighted by Crippen LogP contribution is 2.28. The first-order chi connectivity index (χ1) is 9.60. The summed E-state index contributed by atoms with van der Waals surface area (Å²) in [5.74, 6) is 0.526. The van der Waals surface area contributed by atoms with E-state index < -0.39 is 0 Å². The van der Waals surface area contributed by atoms with Gasteiger partial charge in [0.2, 0.25) is 5.91 Å². The predicted molar refractivity (Wildman–Crippen MR) is 76.5 cm³/mol. The highest BCUT2D eigenvalue weighted by Gasteiger charge is 2.23. The lowest BCUT2D eigenvalue weighted by Gasteiger charge is -2.30. The Morgan fingerprint density at radius 1 is 1.45 bits per heavy atom. The van der Waals surface area contributed by atoms with Crippen LogP contribution < -0.4 is 10.5 Å². The molecule has 0 unspecified atom stereocenters. The third kappa shape index (κ3) is 3.63. The molecule has 1 aromatic carbocycles. The zero-order valence-electron chi connectivity index (χ0n) is 11.8. The number of piperidine rings is 1. The number of rotatable bonds is 5. The van der Waals surface area contributed by atoms with Crippen molar-refractivity contribution in [2.45, 2.75) is 26.3 Å². The highest BCUT2D eigenvalue weighted by molar-refractivity contribution is 5.76. The quantitative estimate of drug-likeness (QED) is 0.855. The molecule has 2 rings (SSSR count). The number of nitrogens with zero attached hydrogens (tertiary/aromatic N) is 1. The van der Waals surface area contributed by atoms with Crippen molar-refractivity contribution in [2.75, 3.05) is 19.7 Å². The van der Waals surface area contributed by atoms with Gasteiger partial charge in [-0.25, -0.2) is 0 Å². The third-order valence-electron chi connectivity index (χ3n) is 3.72. The number of aromatic hydroxyl groups is 1. The maximum atomic E-state index is 11.1. The van der Waals surface area contributed by atoms with Crippen LogP contribution in [0.4, 0.5) is 0 Å². The van der Waals surface area contributed by atoms with E-state index in [2.05, 4.69) is 4.90 Å². The second kappa shape index (κ2) is 6.61. The van der Waals surface area contributed by atoms with Gasteiger partial charge in [-0.05, 0) is 50.6 Å². The van der Waals surface area contributed by atoms with Crippen LogP contribution in [0.3, 0.4) is 0 Å². The van der Waals surface area contributed by atoms with E-state index in [1.165, 1.54) is 0 Å². The minimum Gasteiger partial charge on any atom is -0.504 e. The van der Waals surface area contributed by atoms with Gasteiger partial charge >= 0.3 is 0 Å². The molecule has 110 valence electrons. The summed E-state index contributed by atoms with van der Waals surface area (Å²) in [7, 11) is 0. The summed E-state index contributed by atoms with van der Waals surface area (Å²) in [6.45, 7) is 4.96. The number of hydrogen-bond donors (Lipinski definition) is 2. The fourth-order valence-electron chi connectivity index (χ4n) is 2.56. The summed E-state index contributed by atoms with van der Waals surface area (Å²) < 4.78 is 5.39. The molecule has 0 spiro atoms. The van der Waals surface area contributed by atoms with Crippen LogP contribution in [-0.2, 0) is 11.3 Å². The van der Waals surface area contributed by atoms with Gasteiger partial charge in [0, 0.05) is 12.5 Å². The molecule has 1 aliphatic heterocycles. The summed E-state index contributed by atoms with van der Waals surface area (Å²) in [6.07, 6.45) is 1.65. The third-order valence-corrected chi connectivity index (χ3v) is 3.72. The summed E-state index contributed by atoms with van der Waals surface area (Å²) >= 11 is 0. The van der Waals surface area contributed by atoms with E-state index in [1.54, 1.807) is 6.07 Å². The maximum absolute atomic E-state index is 11.1. The van der Waals surface area contributed by atoms with E-state index in [9.17, 15) is 9.90 Å². The van der Waals surface area contributed by atoms with Gasteiger partial charge in [0.05, 0.1) is 6.61 Å². The lowest BCUT2D eigenvalue weighted by atomic mass is 9.96. The van der Waals surface area contributed by atoms with E-state index in [0.29, 0.717) is 12.4 Å². The zero-order valence-corrected chi connectivity index (χ0v) is 11.8. The van der Waals surface area contributed by atoms with Crippen molar-refractivity contribution >= 4 is 5.91 Å². The largest absolute Gasteiger partial charge is 0.504 e. The Morgan fingerprint density at radius 3 is 2.75 bits per heavy atom. The normalized spacial score (nSPS) is 17.1. The van der Waals surface area contributed by atoms with Gasteiger partial charge in [-0.2, -0.15) is 0 Å². The topological polar surface area (TPSA) is 75.8 Å². The first-order valence-electron chi connectivity index (χ1n) is 7.06. The lowest BCUT2D eigenvalue weighted by Crippen LogP contribution is -2.38. The van der Waals surface area contributed by atoms with Crippen LogP contribution in [0.25, 0.3) is 0 Å². The average Bonchev–Trinajstić information content (AvgIpc) is 2.43. The molecule has 0 atom stereocenters. The number of benzene rings is 1. The molecule has 0 aliphatic carbocycles. The molecule has 0 saturated carbocycles. The molecule has 0 aromatic heterocycles. The molecular formula is C15H22N2O3. The van der Waals surface area contributed by atoms with Crippen LogP contribution in [-0.4, -0.2) is 35.6 Å². The molecule has 1 amide bonds. The summed E-state index contributed by atoms with van der Waals surface area (Å²) in [4.78, 5) is 13.4. The number of carbonyl (C=O) groups excluding carboxylic acids is 1. The van der Waals surface area contributed by atoms with Crippen molar-refractivity contribution < 1.29 is 14.6 Å². The van der Waals surface area contributed by atoms with Crippen molar-refractivity contribution in [3.63, 3.8) is 0 Å². The van der Waals surface area contributed by atoms with Crippen molar-refractivity contribution in [2.24, 2.45) is 11.7 Å². The SMILES string of the molecule is CCOc1cc(CN2CCC(C(N)=O)CC2)ccc1O. The second-order valence-electron chi connectivity index (χ2n) is 5.19. The lowest BCUT2D eigenvalue weighted by molar-refractivity contribution is -0.123. The number of ether oxygens (including phenoxy) is 1. The van der Waals surface area contributed by atoms with Crippen LogP contribution in [0.15, 0.2) is 18.2 Å².